The number of guanidine groups is 1. The lowest BCUT2D eigenvalue weighted by molar-refractivity contribution is 0.179. The van der Waals surface area contributed by atoms with Gasteiger partial charge < -0.3 is 20.2 Å². The van der Waals surface area contributed by atoms with E-state index in [9.17, 15) is 4.39 Å². The normalized spacial score (nSPS) is 13.6. The molecule has 3 N–H and O–H groups in total. The molecule has 1 aromatic heterocycles. The van der Waals surface area contributed by atoms with Gasteiger partial charge in [0.15, 0.2) is 5.96 Å². The molecule has 114 valence electrons. The fourth-order valence-electron chi connectivity index (χ4n) is 2.14. The lowest BCUT2D eigenvalue weighted by Crippen LogP contribution is -2.40. The van der Waals surface area contributed by atoms with Crippen LogP contribution in [-0.4, -0.2) is 25.7 Å². The molecule has 0 amide bonds. The number of furan rings is 1. The summed E-state index contributed by atoms with van der Waals surface area (Å²) in [6.07, 6.45) is 0. The second kappa shape index (κ2) is 6.58. The third-order valence-corrected chi connectivity index (χ3v) is 3.20. The molecular weight excluding hydrogens is 273 g/mol. The largest absolute Gasteiger partial charge is 0.459 e. The van der Waals surface area contributed by atoms with Crippen molar-refractivity contribution in [2.75, 3.05) is 13.7 Å². The zero-order valence-corrected chi connectivity index (χ0v) is 12.4. The number of nitrogens with two attached hydrogens (primary N) is 1. The molecule has 0 radical (unpaired) electrons. The first-order chi connectivity index (χ1) is 10.0. The van der Waals surface area contributed by atoms with Gasteiger partial charge in [-0.2, -0.15) is 0 Å². The van der Waals surface area contributed by atoms with Crippen molar-refractivity contribution in [1.29, 1.82) is 0 Å². The number of nitrogens with one attached hydrogen (secondary N) is 1. The van der Waals surface area contributed by atoms with Gasteiger partial charge in [-0.1, -0.05) is 0 Å². The van der Waals surface area contributed by atoms with Gasteiger partial charge in [-0.3, -0.25) is 0 Å². The number of ether oxygens (including phenoxy) is 1. The van der Waals surface area contributed by atoms with E-state index in [2.05, 4.69) is 10.3 Å². The average molecular weight is 293 g/mol. The van der Waals surface area contributed by atoms with Crippen LogP contribution in [0.3, 0.4) is 0 Å². The molecule has 0 aliphatic rings. The second-order valence-electron chi connectivity index (χ2n) is 4.99. The van der Waals surface area contributed by atoms with E-state index in [-0.39, 0.29) is 11.9 Å². The highest BCUT2D eigenvalue weighted by atomic mass is 19.1. The van der Waals surface area contributed by atoms with E-state index in [0.29, 0.717) is 30.5 Å². The minimum atomic E-state index is -0.281. The third-order valence-electron chi connectivity index (χ3n) is 3.20. The van der Waals surface area contributed by atoms with Crippen LogP contribution >= 0.6 is 0 Å². The molecule has 1 heterocycles. The first kappa shape index (κ1) is 15.3. The summed E-state index contributed by atoms with van der Waals surface area (Å²) < 4.78 is 23.9. The number of halogens is 1. The lowest BCUT2D eigenvalue weighted by Gasteiger charge is -2.12. The van der Waals surface area contributed by atoms with Crippen molar-refractivity contribution < 1.29 is 13.5 Å². The lowest BCUT2D eigenvalue weighted by atomic mass is 10.1. The van der Waals surface area contributed by atoms with Crippen LogP contribution in [0.5, 0.6) is 0 Å². The van der Waals surface area contributed by atoms with Crippen molar-refractivity contribution in [2.45, 2.75) is 26.4 Å². The Kier molecular flexibility index (Phi) is 4.80. The van der Waals surface area contributed by atoms with Gasteiger partial charge in [-0.25, -0.2) is 9.38 Å². The van der Waals surface area contributed by atoms with E-state index in [1.54, 1.807) is 13.2 Å². The molecule has 5 nitrogen and oxygen atoms in total. The molecule has 1 unspecified atom stereocenters. The van der Waals surface area contributed by atoms with E-state index in [1.165, 1.54) is 12.1 Å². The van der Waals surface area contributed by atoms with Gasteiger partial charge in [0.2, 0.25) is 0 Å². The standard InChI is InChI=1S/C15H20FN3O2/c1-9(8-20-3)19-15(17)18-7-14-10(2)12-6-11(16)4-5-13(12)21-14/h4-6,9H,7-8H2,1-3H3,(H3,17,18,19). The number of rotatable bonds is 5. The number of fused-ring (bicyclic) bond motifs is 1. The molecule has 6 heteroatoms. The molecule has 1 aromatic carbocycles. The quantitative estimate of drug-likeness (QED) is 0.655. The molecule has 0 aliphatic carbocycles. The maximum absolute atomic E-state index is 13.2. The molecular formula is C15H20FN3O2. The van der Waals surface area contributed by atoms with Crippen LogP contribution in [0.1, 0.15) is 18.2 Å². The molecule has 21 heavy (non-hydrogen) atoms. The highest BCUT2D eigenvalue weighted by Crippen LogP contribution is 2.26. The molecule has 0 bridgehead atoms. The number of nitrogens with zero attached hydrogens (tertiary/aromatic N) is 1. The number of hydrogen-bond acceptors (Lipinski definition) is 3. The molecule has 2 aromatic rings. The smallest absolute Gasteiger partial charge is 0.189 e. The van der Waals surface area contributed by atoms with Gasteiger partial charge in [-0.05, 0) is 32.0 Å². The number of hydrogen-bond donors (Lipinski definition) is 2. The highest BCUT2D eigenvalue weighted by Gasteiger charge is 2.11. The SMILES string of the molecule is COCC(C)NC(N)=NCc1oc2ccc(F)cc2c1C. The van der Waals surface area contributed by atoms with Gasteiger partial charge in [-0.15, -0.1) is 0 Å². The Morgan fingerprint density at radius 2 is 2.29 bits per heavy atom. The summed E-state index contributed by atoms with van der Waals surface area (Å²) in [7, 11) is 1.63. The highest BCUT2D eigenvalue weighted by molar-refractivity contribution is 5.82. The fourth-order valence-corrected chi connectivity index (χ4v) is 2.14. The maximum Gasteiger partial charge on any atom is 0.189 e. The molecule has 0 saturated heterocycles. The Labute approximate surface area is 123 Å². The van der Waals surface area contributed by atoms with E-state index < -0.39 is 0 Å². The zero-order chi connectivity index (χ0) is 15.4. The van der Waals surface area contributed by atoms with Crippen molar-refractivity contribution in [3.8, 4) is 0 Å². The van der Waals surface area contributed by atoms with Crippen molar-refractivity contribution in [2.24, 2.45) is 10.7 Å². The summed E-state index contributed by atoms with van der Waals surface area (Å²) in [5, 5.41) is 3.78. The molecule has 0 fully saturated rings. The molecule has 0 spiro atoms. The van der Waals surface area contributed by atoms with Crippen LogP contribution in [-0.2, 0) is 11.3 Å². The van der Waals surface area contributed by atoms with Crippen LogP contribution in [0.2, 0.25) is 0 Å². The summed E-state index contributed by atoms with van der Waals surface area (Å²) in [5.74, 6) is 0.723. The number of methoxy groups -OCH3 is 1. The van der Waals surface area contributed by atoms with Crippen molar-refractivity contribution >= 4 is 16.9 Å². The predicted octanol–water partition coefficient (Wildman–Crippen LogP) is 2.32. The maximum atomic E-state index is 13.2. The fraction of sp³-hybridized carbons (Fsp3) is 0.400. The monoisotopic (exact) mass is 293 g/mol. The van der Waals surface area contributed by atoms with Crippen molar-refractivity contribution in [3.63, 3.8) is 0 Å². The number of aryl methyl sites for hydroxylation is 1. The second-order valence-corrected chi connectivity index (χ2v) is 4.99. The number of aliphatic imine (C=N–C) groups is 1. The Hall–Kier alpha value is -2.08. The third kappa shape index (κ3) is 3.72. The van der Waals surface area contributed by atoms with Gasteiger partial charge in [0.1, 0.15) is 23.7 Å². The van der Waals surface area contributed by atoms with Gasteiger partial charge >= 0.3 is 0 Å². The van der Waals surface area contributed by atoms with E-state index in [1.807, 2.05) is 13.8 Å². The number of benzene rings is 1. The van der Waals surface area contributed by atoms with Crippen LogP contribution in [0, 0.1) is 12.7 Å². The minimum Gasteiger partial charge on any atom is -0.459 e. The van der Waals surface area contributed by atoms with Gasteiger partial charge in [0.05, 0.1) is 6.61 Å². The molecule has 0 saturated carbocycles. The van der Waals surface area contributed by atoms with Crippen LogP contribution in [0.25, 0.3) is 11.0 Å². The molecule has 1 atom stereocenters. The van der Waals surface area contributed by atoms with Crippen LogP contribution in [0.4, 0.5) is 4.39 Å². The Morgan fingerprint density at radius 3 is 3.00 bits per heavy atom. The van der Waals surface area contributed by atoms with E-state index >= 15 is 0 Å². The van der Waals surface area contributed by atoms with Crippen LogP contribution < -0.4 is 11.1 Å². The van der Waals surface area contributed by atoms with Crippen molar-refractivity contribution in [1.82, 2.24) is 5.32 Å². The van der Waals surface area contributed by atoms with Crippen LogP contribution in [0.15, 0.2) is 27.6 Å². The van der Waals surface area contributed by atoms with Gasteiger partial charge in [0.25, 0.3) is 0 Å². The average Bonchev–Trinajstić information content (AvgIpc) is 2.73. The Bertz CT molecular complexity index is 652. The van der Waals surface area contributed by atoms with E-state index in [4.69, 9.17) is 14.9 Å². The molecule has 0 aliphatic heterocycles. The summed E-state index contributed by atoms with van der Waals surface area (Å²) >= 11 is 0. The minimum absolute atomic E-state index is 0.0737. The Balaban J connectivity index is 2.11. The predicted molar refractivity (Wildman–Crippen MR) is 80.7 cm³/mol. The zero-order valence-electron chi connectivity index (χ0n) is 12.4. The summed E-state index contributed by atoms with van der Waals surface area (Å²) in [4.78, 5) is 4.24. The summed E-state index contributed by atoms with van der Waals surface area (Å²) in [6, 6.07) is 4.53. The summed E-state index contributed by atoms with van der Waals surface area (Å²) in [6.45, 7) is 4.67. The first-order valence-electron chi connectivity index (χ1n) is 6.74. The topological polar surface area (TPSA) is 72.8 Å². The molecule has 2 rings (SSSR count). The van der Waals surface area contributed by atoms with Crippen molar-refractivity contribution in [3.05, 3.63) is 35.3 Å². The Morgan fingerprint density at radius 1 is 1.52 bits per heavy atom. The first-order valence-corrected chi connectivity index (χ1v) is 6.74. The van der Waals surface area contributed by atoms with Gasteiger partial charge in [0, 0.05) is 24.1 Å². The summed E-state index contributed by atoms with van der Waals surface area (Å²) in [5.41, 5.74) is 7.33. The van der Waals surface area contributed by atoms with E-state index in [0.717, 1.165) is 10.9 Å².